The highest BCUT2D eigenvalue weighted by Crippen LogP contribution is 2.30. The lowest BCUT2D eigenvalue weighted by molar-refractivity contribution is 0.0522. The van der Waals surface area contributed by atoms with E-state index in [1.807, 2.05) is 30.3 Å². The van der Waals surface area contributed by atoms with Crippen molar-refractivity contribution in [2.45, 2.75) is 17.6 Å². The minimum atomic E-state index is -0.346. The maximum absolute atomic E-state index is 11.9. The summed E-state index contributed by atoms with van der Waals surface area (Å²) in [6, 6.07) is 15.7. The van der Waals surface area contributed by atoms with Gasteiger partial charge in [-0.3, -0.25) is 0 Å². The maximum atomic E-state index is 11.9. The summed E-state index contributed by atoms with van der Waals surface area (Å²) >= 11 is 1.70. The first-order valence-corrected chi connectivity index (χ1v) is 7.75. The number of methoxy groups -OCH3 is 1. The van der Waals surface area contributed by atoms with Crippen LogP contribution >= 0.6 is 11.8 Å². The zero-order valence-electron chi connectivity index (χ0n) is 12.2. The average molecular weight is 302 g/mol. The fourth-order valence-corrected chi connectivity index (χ4v) is 2.89. The summed E-state index contributed by atoms with van der Waals surface area (Å²) in [5.41, 5.74) is 1.46. The van der Waals surface area contributed by atoms with Crippen molar-refractivity contribution in [1.82, 2.24) is 0 Å². The number of thioether (sulfide) groups is 1. The zero-order valence-corrected chi connectivity index (χ0v) is 13.0. The van der Waals surface area contributed by atoms with Gasteiger partial charge in [0.2, 0.25) is 0 Å². The van der Waals surface area contributed by atoms with Crippen LogP contribution < -0.4 is 4.74 Å². The van der Waals surface area contributed by atoms with Gasteiger partial charge in [-0.25, -0.2) is 4.79 Å². The molecule has 0 aromatic heterocycles. The van der Waals surface area contributed by atoms with E-state index >= 15 is 0 Å². The van der Waals surface area contributed by atoms with Crippen LogP contribution in [0.1, 0.15) is 22.8 Å². The normalized spacial score (nSPS) is 10.2. The fourth-order valence-electron chi connectivity index (χ4n) is 1.99. The second-order valence-electron chi connectivity index (χ2n) is 4.32. The molecular formula is C17H18O3S. The van der Waals surface area contributed by atoms with Crippen molar-refractivity contribution in [3.8, 4) is 5.75 Å². The summed E-state index contributed by atoms with van der Waals surface area (Å²) < 4.78 is 10.5. The average Bonchev–Trinajstić information content (AvgIpc) is 2.53. The molecule has 0 aliphatic heterocycles. The molecule has 0 radical (unpaired) electrons. The molecule has 0 bridgehead atoms. The van der Waals surface area contributed by atoms with Gasteiger partial charge in [-0.05, 0) is 25.1 Å². The molecule has 2 aromatic carbocycles. The second-order valence-corrected chi connectivity index (χ2v) is 5.37. The van der Waals surface area contributed by atoms with Gasteiger partial charge < -0.3 is 9.47 Å². The number of hydrogen-bond acceptors (Lipinski definition) is 4. The van der Waals surface area contributed by atoms with E-state index in [0.29, 0.717) is 17.9 Å². The number of hydrogen-bond donors (Lipinski definition) is 0. The van der Waals surface area contributed by atoms with Gasteiger partial charge in [0.05, 0.1) is 13.7 Å². The third-order valence-corrected chi connectivity index (χ3v) is 3.99. The summed E-state index contributed by atoms with van der Waals surface area (Å²) in [5, 5.41) is 0. The second kappa shape index (κ2) is 7.74. The fraction of sp³-hybridized carbons (Fsp3) is 0.235. The molecule has 2 rings (SSSR count). The summed E-state index contributed by atoms with van der Waals surface area (Å²) in [6.07, 6.45) is 0. The zero-order chi connectivity index (χ0) is 15.1. The molecule has 0 fully saturated rings. The van der Waals surface area contributed by atoms with Crippen LogP contribution in [0.5, 0.6) is 5.75 Å². The molecule has 0 heterocycles. The van der Waals surface area contributed by atoms with Gasteiger partial charge in [-0.2, -0.15) is 0 Å². The maximum Gasteiger partial charge on any atom is 0.341 e. The molecule has 0 spiro atoms. The number of carbonyl (C=O) groups excluding carboxylic acids is 1. The van der Waals surface area contributed by atoms with Gasteiger partial charge in [0.15, 0.2) is 0 Å². The quantitative estimate of drug-likeness (QED) is 0.593. The molecule has 3 nitrogen and oxygen atoms in total. The minimum Gasteiger partial charge on any atom is -0.496 e. The highest BCUT2D eigenvalue weighted by molar-refractivity contribution is 7.98. The Labute approximate surface area is 129 Å². The van der Waals surface area contributed by atoms with Crippen LogP contribution in [0.2, 0.25) is 0 Å². The van der Waals surface area contributed by atoms with E-state index in [9.17, 15) is 4.79 Å². The third kappa shape index (κ3) is 4.02. The van der Waals surface area contributed by atoms with E-state index in [1.54, 1.807) is 31.9 Å². The van der Waals surface area contributed by atoms with E-state index in [0.717, 1.165) is 11.3 Å². The number of para-hydroxylation sites is 1. The van der Waals surface area contributed by atoms with Crippen LogP contribution in [0.4, 0.5) is 0 Å². The lowest BCUT2D eigenvalue weighted by Gasteiger charge is -2.12. The lowest BCUT2D eigenvalue weighted by atomic mass is 10.1. The molecule has 0 N–H and O–H groups in total. The number of rotatable bonds is 6. The smallest absolute Gasteiger partial charge is 0.341 e. The van der Waals surface area contributed by atoms with E-state index < -0.39 is 0 Å². The van der Waals surface area contributed by atoms with E-state index in [1.165, 1.54) is 4.90 Å². The topological polar surface area (TPSA) is 35.5 Å². The summed E-state index contributed by atoms with van der Waals surface area (Å²) in [5.74, 6) is 0.987. The molecule has 0 unspecified atom stereocenters. The summed E-state index contributed by atoms with van der Waals surface area (Å²) in [7, 11) is 1.58. The van der Waals surface area contributed by atoms with Gasteiger partial charge in [0, 0.05) is 16.2 Å². The summed E-state index contributed by atoms with van der Waals surface area (Å²) in [6.45, 7) is 2.14. The largest absolute Gasteiger partial charge is 0.496 e. The number of esters is 1. The lowest BCUT2D eigenvalue weighted by Crippen LogP contribution is -2.08. The van der Waals surface area contributed by atoms with E-state index in [2.05, 4.69) is 12.1 Å². The highest BCUT2D eigenvalue weighted by Gasteiger charge is 2.16. The predicted octanol–water partition coefficient (Wildman–Crippen LogP) is 4.16. The van der Waals surface area contributed by atoms with Crippen molar-refractivity contribution in [3.05, 3.63) is 59.7 Å². The predicted molar refractivity (Wildman–Crippen MR) is 85.0 cm³/mol. The van der Waals surface area contributed by atoms with Crippen molar-refractivity contribution >= 4 is 17.7 Å². The molecule has 0 amide bonds. The minimum absolute atomic E-state index is 0.346. The molecule has 0 aliphatic carbocycles. The molecule has 2 aromatic rings. The first-order valence-electron chi connectivity index (χ1n) is 6.77. The highest BCUT2D eigenvalue weighted by atomic mass is 32.2. The summed E-state index contributed by atoms with van der Waals surface area (Å²) in [4.78, 5) is 13.1. The standard InChI is InChI=1S/C17H18O3S/c1-3-20-17(18)15-11-7-8-13(16(15)19-2)12-21-14-9-5-4-6-10-14/h4-11H,3,12H2,1-2H3. The van der Waals surface area contributed by atoms with Crippen LogP contribution in [-0.4, -0.2) is 19.7 Å². The number of ether oxygens (including phenoxy) is 2. The molecule has 0 aliphatic rings. The Kier molecular flexibility index (Phi) is 5.69. The van der Waals surface area contributed by atoms with Gasteiger partial charge in [-0.15, -0.1) is 11.8 Å². The van der Waals surface area contributed by atoms with Gasteiger partial charge in [0.1, 0.15) is 11.3 Å². The molecule has 0 atom stereocenters. The molecule has 0 saturated carbocycles. The number of benzene rings is 2. The van der Waals surface area contributed by atoms with Crippen molar-refractivity contribution in [3.63, 3.8) is 0 Å². The molecular weight excluding hydrogens is 284 g/mol. The SMILES string of the molecule is CCOC(=O)c1cccc(CSc2ccccc2)c1OC. The van der Waals surface area contributed by atoms with Crippen LogP contribution in [0.25, 0.3) is 0 Å². The Hall–Kier alpha value is -1.94. The number of carbonyl (C=O) groups is 1. The van der Waals surface area contributed by atoms with Crippen molar-refractivity contribution in [1.29, 1.82) is 0 Å². The molecule has 4 heteroatoms. The van der Waals surface area contributed by atoms with Crippen LogP contribution in [0.3, 0.4) is 0 Å². The van der Waals surface area contributed by atoms with Crippen LogP contribution in [-0.2, 0) is 10.5 Å². The van der Waals surface area contributed by atoms with Crippen LogP contribution in [0, 0.1) is 0 Å². The van der Waals surface area contributed by atoms with Crippen molar-refractivity contribution < 1.29 is 14.3 Å². The third-order valence-electron chi connectivity index (χ3n) is 2.93. The van der Waals surface area contributed by atoms with E-state index in [-0.39, 0.29) is 5.97 Å². The Bertz CT molecular complexity index is 596. The first kappa shape index (κ1) is 15.4. The van der Waals surface area contributed by atoms with Gasteiger partial charge in [0.25, 0.3) is 0 Å². The van der Waals surface area contributed by atoms with Crippen molar-refractivity contribution in [2.75, 3.05) is 13.7 Å². The monoisotopic (exact) mass is 302 g/mol. The van der Waals surface area contributed by atoms with E-state index in [4.69, 9.17) is 9.47 Å². The molecule has 110 valence electrons. The Morgan fingerprint density at radius 2 is 1.86 bits per heavy atom. The Balaban J connectivity index is 2.19. The van der Waals surface area contributed by atoms with Crippen molar-refractivity contribution in [2.24, 2.45) is 0 Å². The van der Waals surface area contributed by atoms with Gasteiger partial charge >= 0.3 is 5.97 Å². The van der Waals surface area contributed by atoms with Gasteiger partial charge in [-0.1, -0.05) is 30.3 Å². The molecule has 0 saturated heterocycles. The Morgan fingerprint density at radius 1 is 1.10 bits per heavy atom. The molecule has 21 heavy (non-hydrogen) atoms. The Morgan fingerprint density at radius 3 is 2.52 bits per heavy atom. The first-order chi connectivity index (χ1) is 10.3. The van der Waals surface area contributed by atoms with Crippen LogP contribution in [0.15, 0.2) is 53.4 Å².